The van der Waals surface area contributed by atoms with Crippen LogP contribution >= 0.6 is 0 Å². The van der Waals surface area contributed by atoms with Crippen LogP contribution in [0, 0.1) is 6.92 Å². The fourth-order valence-electron chi connectivity index (χ4n) is 5.05. The zero-order chi connectivity index (χ0) is 26.5. The van der Waals surface area contributed by atoms with Gasteiger partial charge in [-0.3, -0.25) is 19.8 Å². The Kier molecular flexibility index (Phi) is 7.90. The summed E-state index contributed by atoms with van der Waals surface area (Å²) in [6.45, 7) is 6.02. The average molecular weight is 504 g/mol. The maximum Gasteiger partial charge on any atom is 0.251 e. The van der Waals surface area contributed by atoms with Gasteiger partial charge in [-0.05, 0) is 75.4 Å². The Morgan fingerprint density at radius 3 is 2.49 bits per heavy atom. The van der Waals surface area contributed by atoms with Crippen LogP contribution in [0.15, 0.2) is 67.3 Å². The van der Waals surface area contributed by atoms with Crippen LogP contribution in [0.2, 0.25) is 0 Å². The van der Waals surface area contributed by atoms with Crippen molar-refractivity contribution in [2.24, 2.45) is 0 Å². The highest BCUT2D eigenvalue weighted by molar-refractivity contribution is 5.95. The standard InChI is InChI=1S/C29H33N3O5/c1-3-12-29(35)15-13-28(14-16-29,18-26(33)32-36)31-27(34)21-8-10-23(11-9-21)37-19-22-17-20(2)30-25-7-5-4-6-24(22)25/h3-11,17,35-36H,1,12-16,18-19H2,2H3,(H,31,34)(H,32,33)/t28-,29+. The van der Waals surface area contributed by atoms with E-state index < -0.39 is 17.0 Å². The van der Waals surface area contributed by atoms with Crippen molar-refractivity contribution in [3.05, 3.63) is 84.1 Å². The van der Waals surface area contributed by atoms with Crippen molar-refractivity contribution in [2.45, 2.75) is 63.2 Å². The molecule has 1 aromatic heterocycles. The first-order valence-corrected chi connectivity index (χ1v) is 12.4. The Hall–Kier alpha value is -3.75. The number of aryl methyl sites for hydroxylation is 1. The van der Waals surface area contributed by atoms with E-state index in [4.69, 9.17) is 9.94 Å². The molecule has 3 aromatic rings. The zero-order valence-electron chi connectivity index (χ0n) is 21.0. The quantitative estimate of drug-likeness (QED) is 0.196. The lowest BCUT2D eigenvalue weighted by Gasteiger charge is -2.44. The zero-order valence-corrected chi connectivity index (χ0v) is 21.0. The van der Waals surface area contributed by atoms with Gasteiger partial charge in [0.2, 0.25) is 5.91 Å². The van der Waals surface area contributed by atoms with Crippen molar-refractivity contribution >= 4 is 22.7 Å². The molecule has 0 radical (unpaired) electrons. The van der Waals surface area contributed by atoms with Crippen molar-refractivity contribution in [1.82, 2.24) is 15.8 Å². The van der Waals surface area contributed by atoms with Gasteiger partial charge in [-0.1, -0.05) is 24.3 Å². The van der Waals surface area contributed by atoms with E-state index in [0.717, 1.165) is 22.2 Å². The third kappa shape index (κ3) is 6.34. The number of nitrogens with zero attached hydrogens (tertiary/aromatic N) is 1. The van der Waals surface area contributed by atoms with E-state index in [2.05, 4.69) is 16.9 Å². The van der Waals surface area contributed by atoms with Gasteiger partial charge in [-0.25, -0.2) is 5.48 Å². The Morgan fingerprint density at radius 2 is 1.81 bits per heavy atom. The van der Waals surface area contributed by atoms with E-state index in [9.17, 15) is 14.7 Å². The summed E-state index contributed by atoms with van der Waals surface area (Å²) in [5.41, 5.74) is 3.18. The minimum absolute atomic E-state index is 0.0834. The number of aromatic nitrogens is 1. The topological polar surface area (TPSA) is 121 Å². The predicted octanol–water partition coefficient (Wildman–Crippen LogP) is 4.37. The molecule has 2 amide bonds. The Balaban J connectivity index is 1.43. The highest BCUT2D eigenvalue weighted by atomic mass is 16.5. The van der Waals surface area contributed by atoms with Crippen molar-refractivity contribution in [3.8, 4) is 5.75 Å². The molecule has 0 unspecified atom stereocenters. The normalized spacial score (nSPS) is 21.3. The van der Waals surface area contributed by atoms with Gasteiger partial charge < -0.3 is 15.2 Å². The first kappa shape index (κ1) is 26.3. The Morgan fingerprint density at radius 1 is 1.11 bits per heavy atom. The van der Waals surface area contributed by atoms with Crippen LogP contribution in [-0.4, -0.2) is 38.3 Å². The molecule has 4 rings (SSSR count). The van der Waals surface area contributed by atoms with Gasteiger partial charge in [0, 0.05) is 27.7 Å². The van der Waals surface area contributed by atoms with Crippen LogP contribution in [0.5, 0.6) is 5.75 Å². The highest BCUT2D eigenvalue weighted by Crippen LogP contribution is 2.39. The molecule has 0 aliphatic heterocycles. The van der Waals surface area contributed by atoms with E-state index in [-0.39, 0.29) is 12.3 Å². The summed E-state index contributed by atoms with van der Waals surface area (Å²) in [5, 5.41) is 23.8. The van der Waals surface area contributed by atoms with Crippen molar-refractivity contribution < 1.29 is 24.6 Å². The van der Waals surface area contributed by atoms with Crippen LogP contribution < -0.4 is 15.5 Å². The molecule has 0 spiro atoms. The molecule has 1 fully saturated rings. The largest absolute Gasteiger partial charge is 0.489 e. The summed E-state index contributed by atoms with van der Waals surface area (Å²) in [6, 6.07) is 16.8. The van der Waals surface area contributed by atoms with Crippen molar-refractivity contribution in [3.63, 3.8) is 0 Å². The van der Waals surface area contributed by atoms with Gasteiger partial charge >= 0.3 is 0 Å². The lowest BCUT2D eigenvalue weighted by atomic mass is 9.71. The average Bonchev–Trinajstić information content (AvgIpc) is 2.89. The summed E-state index contributed by atoms with van der Waals surface area (Å²) in [6.07, 6.45) is 3.66. The summed E-state index contributed by atoms with van der Waals surface area (Å²) < 4.78 is 6.00. The number of benzene rings is 2. The third-order valence-electron chi connectivity index (χ3n) is 7.11. The molecule has 37 heavy (non-hydrogen) atoms. The summed E-state index contributed by atoms with van der Waals surface area (Å²) in [4.78, 5) is 29.7. The molecule has 194 valence electrons. The molecule has 0 atom stereocenters. The summed E-state index contributed by atoms with van der Waals surface area (Å²) in [7, 11) is 0. The van der Waals surface area contributed by atoms with Crippen molar-refractivity contribution in [2.75, 3.05) is 0 Å². The van der Waals surface area contributed by atoms with Crippen LogP contribution in [0.25, 0.3) is 10.9 Å². The third-order valence-corrected chi connectivity index (χ3v) is 7.11. The number of nitrogens with one attached hydrogen (secondary N) is 2. The van der Waals surface area contributed by atoms with Gasteiger partial charge in [0.05, 0.1) is 17.5 Å². The second kappa shape index (κ2) is 11.1. The number of pyridine rings is 1. The SMILES string of the molecule is C=CC[C@]1(O)CC[C@@](CC(=O)NO)(NC(=O)c2ccc(OCc3cc(C)nc4ccccc34)cc2)CC1. The second-order valence-corrected chi connectivity index (χ2v) is 9.92. The first-order chi connectivity index (χ1) is 17.7. The van der Waals surface area contributed by atoms with E-state index in [1.165, 1.54) is 0 Å². The lowest BCUT2D eigenvalue weighted by molar-refractivity contribution is -0.131. The molecule has 1 aliphatic rings. The molecule has 8 nitrogen and oxygen atoms in total. The second-order valence-electron chi connectivity index (χ2n) is 9.92. The molecule has 1 aliphatic carbocycles. The monoisotopic (exact) mass is 503 g/mol. The molecule has 0 saturated heterocycles. The number of hydrogen-bond acceptors (Lipinski definition) is 6. The van der Waals surface area contributed by atoms with Gasteiger partial charge in [-0.2, -0.15) is 0 Å². The number of para-hydroxylation sites is 1. The number of aliphatic hydroxyl groups is 1. The molecular formula is C29H33N3O5. The fourth-order valence-corrected chi connectivity index (χ4v) is 5.05. The maximum absolute atomic E-state index is 13.1. The fraction of sp³-hybridized carbons (Fsp3) is 0.345. The highest BCUT2D eigenvalue weighted by Gasteiger charge is 2.43. The number of ether oxygens (including phenoxy) is 1. The maximum atomic E-state index is 13.1. The summed E-state index contributed by atoms with van der Waals surface area (Å²) in [5.74, 6) is -0.295. The molecule has 1 heterocycles. The molecule has 4 N–H and O–H groups in total. The van der Waals surface area contributed by atoms with Gasteiger partial charge in [-0.15, -0.1) is 6.58 Å². The summed E-state index contributed by atoms with van der Waals surface area (Å²) >= 11 is 0. The number of hydrogen-bond donors (Lipinski definition) is 4. The van der Waals surface area contributed by atoms with Crippen LogP contribution in [0.1, 0.15) is 60.1 Å². The number of fused-ring (bicyclic) bond motifs is 1. The molecular weight excluding hydrogens is 470 g/mol. The van der Waals surface area contributed by atoms with E-state index in [0.29, 0.717) is 50.0 Å². The van der Waals surface area contributed by atoms with Gasteiger partial charge in [0.1, 0.15) is 12.4 Å². The van der Waals surface area contributed by atoms with Crippen LogP contribution in [0.4, 0.5) is 0 Å². The smallest absolute Gasteiger partial charge is 0.251 e. The lowest BCUT2D eigenvalue weighted by Crippen LogP contribution is -2.55. The van der Waals surface area contributed by atoms with Crippen molar-refractivity contribution in [1.29, 1.82) is 0 Å². The van der Waals surface area contributed by atoms with Crippen LogP contribution in [0.3, 0.4) is 0 Å². The Bertz CT molecular complexity index is 1280. The first-order valence-electron chi connectivity index (χ1n) is 12.4. The van der Waals surface area contributed by atoms with E-state index in [1.54, 1.807) is 35.8 Å². The van der Waals surface area contributed by atoms with Gasteiger partial charge in [0.25, 0.3) is 5.91 Å². The number of rotatable bonds is 9. The van der Waals surface area contributed by atoms with E-state index in [1.807, 2.05) is 37.3 Å². The number of carbonyl (C=O) groups is 2. The minimum atomic E-state index is -0.899. The number of amides is 2. The molecule has 1 saturated carbocycles. The van der Waals surface area contributed by atoms with Gasteiger partial charge in [0.15, 0.2) is 0 Å². The number of hydroxylamine groups is 1. The molecule has 2 aromatic carbocycles. The Labute approximate surface area is 216 Å². The van der Waals surface area contributed by atoms with E-state index >= 15 is 0 Å². The predicted molar refractivity (Wildman–Crippen MR) is 140 cm³/mol. The molecule has 0 bridgehead atoms. The molecule has 8 heteroatoms. The number of carbonyl (C=O) groups excluding carboxylic acids is 2. The minimum Gasteiger partial charge on any atom is -0.489 e. The van der Waals surface area contributed by atoms with Crippen LogP contribution in [-0.2, 0) is 11.4 Å².